The van der Waals surface area contributed by atoms with Crippen LogP contribution in [0, 0.1) is 5.92 Å². The molecule has 0 aliphatic carbocycles. The van der Waals surface area contributed by atoms with Crippen LogP contribution in [0.3, 0.4) is 0 Å². The number of unbranched alkanes of at least 4 members (excludes halogenated alkanes) is 2. The van der Waals surface area contributed by atoms with Gasteiger partial charge in [0.05, 0.1) is 43.3 Å². The number of anilines is 2. The van der Waals surface area contributed by atoms with E-state index in [0.29, 0.717) is 43.7 Å². The molecule has 0 bridgehead atoms. The Labute approximate surface area is 346 Å². The number of hydrogen-bond donors (Lipinski definition) is 6. The minimum atomic E-state index is -1.38. The van der Waals surface area contributed by atoms with Crippen molar-refractivity contribution in [3.05, 3.63) is 87.5 Å². The number of carbonyl (C=O) groups excluding carboxylic acids is 3. The van der Waals surface area contributed by atoms with Crippen molar-refractivity contribution in [2.45, 2.75) is 90.6 Å². The molecule has 0 unspecified atom stereocenters. The van der Waals surface area contributed by atoms with E-state index in [9.17, 15) is 39.0 Å². The molecule has 0 aliphatic heterocycles. The van der Waals surface area contributed by atoms with Crippen molar-refractivity contribution in [2.24, 2.45) is 11.1 Å². The SMILES string of the molecule is CCc1ccc(/C(C)=N/OCCOCCC(=O)CCCCC[C@H](CC(=O)CC[C@H](NC(=O)c2ccc(NCc3cnc4nc(N)[nH]c(=O)c4n3)cc2)C(=O)O)C(=O)O)cc1. The third kappa shape index (κ3) is 15.3. The second-order valence-electron chi connectivity index (χ2n) is 14.2. The van der Waals surface area contributed by atoms with Gasteiger partial charge in [-0.05, 0) is 68.0 Å². The molecule has 0 saturated heterocycles. The number of Topliss-reactive ketones (excluding diaryl/α,β-unsaturated/α-hetero) is 2. The number of rotatable bonds is 27. The van der Waals surface area contributed by atoms with E-state index < -0.39 is 41.1 Å². The monoisotopic (exact) mass is 828 g/mol. The number of aliphatic carboxylic acids is 2. The molecule has 320 valence electrons. The van der Waals surface area contributed by atoms with Crippen LogP contribution in [0.15, 0.2) is 64.7 Å². The number of nitrogens with one attached hydrogen (secondary N) is 3. The van der Waals surface area contributed by atoms with Crippen LogP contribution in [-0.2, 0) is 41.7 Å². The van der Waals surface area contributed by atoms with Gasteiger partial charge in [-0.25, -0.2) is 14.8 Å². The highest BCUT2D eigenvalue weighted by molar-refractivity contribution is 5.98. The second-order valence-corrected chi connectivity index (χ2v) is 14.2. The molecule has 2 atom stereocenters. The number of benzene rings is 2. The Kier molecular flexibility index (Phi) is 18.3. The Bertz CT molecular complexity index is 2170. The summed E-state index contributed by atoms with van der Waals surface area (Å²) in [5, 5.41) is 29.0. The molecular weight excluding hydrogens is 777 g/mol. The van der Waals surface area contributed by atoms with Crippen LogP contribution in [0.2, 0.25) is 0 Å². The topological polar surface area (TPSA) is 278 Å². The van der Waals surface area contributed by atoms with E-state index in [-0.39, 0.29) is 80.3 Å². The number of aryl methyl sites for hydroxylation is 1. The van der Waals surface area contributed by atoms with Crippen molar-refractivity contribution < 1.29 is 43.8 Å². The third-order valence-corrected chi connectivity index (χ3v) is 9.58. The molecule has 4 aromatic rings. The molecule has 7 N–H and O–H groups in total. The largest absolute Gasteiger partial charge is 0.481 e. The minimum absolute atomic E-state index is 0.0347. The van der Waals surface area contributed by atoms with Crippen molar-refractivity contribution in [3.8, 4) is 0 Å². The molecule has 2 aromatic carbocycles. The Morgan fingerprint density at radius 1 is 0.850 bits per heavy atom. The maximum absolute atomic E-state index is 12.9. The van der Waals surface area contributed by atoms with Gasteiger partial charge in [0.1, 0.15) is 24.2 Å². The summed E-state index contributed by atoms with van der Waals surface area (Å²) in [5.74, 6) is -4.54. The summed E-state index contributed by atoms with van der Waals surface area (Å²) in [4.78, 5) is 93.8. The molecule has 2 heterocycles. The van der Waals surface area contributed by atoms with E-state index in [1.54, 1.807) is 12.1 Å². The summed E-state index contributed by atoms with van der Waals surface area (Å²) in [5.41, 5.74) is 9.37. The molecule has 18 heteroatoms. The van der Waals surface area contributed by atoms with Gasteiger partial charge in [-0.15, -0.1) is 0 Å². The van der Waals surface area contributed by atoms with Crippen LogP contribution in [0.25, 0.3) is 11.2 Å². The number of nitrogens with two attached hydrogens (primary N) is 1. The minimum Gasteiger partial charge on any atom is -0.481 e. The van der Waals surface area contributed by atoms with Gasteiger partial charge in [-0.3, -0.25) is 29.0 Å². The maximum Gasteiger partial charge on any atom is 0.326 e. The highest BCUT2D eigenvalue weighted by Gasteiger charge is 2.25. The molecule has 1 amide bonds. The van der Waals surface area contributed by atoms with Gasteiger partial charge in [0.25, 0.3) is 11.5 Å². The zero-order valence-corrected chi connectivity index (χ0v) is 33.8. The number of ether oxygens (including phenoxy) is 1. The number of carbonyl (C=O) groups is 5. The standard InChI is InChI=1S/C42H52N8O10/c1-3-27-9-11-28(12-10-27)26(2)50-60-22-21-59-20-19-33(51)8-6-4-5-7-30(40(55)56)23-34(52)17-18-35(41(57)58)47-38(53)29-13-15-31(16-14-29)44-24-32-25-45-37-36(46-32)39(54)49-42(43)48-37/h9-16,25,30,35,44H,3-8,17-24H2,1-2H3,(H,47,53)(H,55,56)(H,57,58)(H3,43,45,48,49,54)/b50-26+/t30-,35+/m1/s1. The highest BCUT2D eigenvalue weighted by atomic mass is 16.6. The number of nitrogen functional groups attached to an aromatic ring is 1. The fourth-order valence-corrected chi connectivity index (χ4v) is 6.06. The number of fused-ring (bicyclic) bond motifs is 1. The van der Waals surface area contributed by atoms with E-state index in [0.717, 1.165) is 17.7 Å². The second kappa shape index (κ2) is 23.7. The van der Waals surface area contributed by atoms with Crippen molar-refractivity contribution >= 4 is 57.9 Å². The first-order valence-electron chi connectivity index (χ1n) is 19.8. The van der Waals surface area contributed by atoms with E-state index in [4.69, 9.17) is 15.3 Å². The number of carboxylic acids is 2. The maximum atomic E-state index is 12.9. The predicted molar refractivity (Wildman–Crippen MR) is 223 cm³/mol. The number of nitrogens with zero attached hydrogens (tertiary/aromatic N) is 4. The van der Waals surface area contributed by atoms with Crippen molar-refractivity contribution in [1.29, 1.82) is 0 Å². The Morgan fingerprint density at radius 3 is 2.28 bits per heavy atom. The van der Waals surface area contributed by atoms with E-state index in [1.165, 1.54) is 23.9 Å². The molecular formula is C42H52N8O10. The average Bonchev–Trinajstić information content (AvgIpc) is 3.23. The first-order valence-corrected chi connectivity index (χ1v) is 19.8. The van der Waals surface area contributed by atoms with Gasteiger partial charge >= 0.3 is 11.9 Å². The summed E-state index contributed by atoms with van der Waals surface area (Å²) in [6.07, 6.45) is 4.20. The van der Waals surface area contributed by atoms with Crippen LogP contribution < -0.4 is 21.9 Å². The number of H-pyrrole nitrogens is 1. The van der Waals surface area contributed by atoms with E-state index in [2.05, 4.69) is 54.8 Å². The number of carboxylic acid groups (broad SMARTS) is 2. The number of ketones is 2. The van der Waals surface area contributed by atoms with Gasteiger partial charge in [-0.1, -0.05) is 49.2 Å². The van der Waals surface area contributed by atoms with Crippen LogP contribution in [0.1, 0.15) is 98.8 Å². The molecule has 2 aromatic heterocycles. The lowest BCUT2D eigenvalue weighted by Gasteiger charge is -2.16. The molecule has 0 fully saturated rings. The zero-order valence-electron chi connectivity index (χ0n) is 33.8. The quantitative estimate of drug-likeness (QED) is 0.0275. The lowest BCUT2D eigenvalue weighted by molar-refractivity contribution is -0.144. The number of amides is 1. The highest BCUT2D eigenvalue weighted by Crippen LogP contribution is 2.18. The first kappa shape index (κ1) is 46.1. The van der Waals surface area contributed by atoms with Gasteiger partial charge in [0.15, 0.2) is 11.2 Å². The smallest absolute Gasteiger partial charge is 0.326 e. The van der Waals surface area contributed by atoms with Gasteiger partial charge in [-0.2, -0.15) is 4.98 Å². The van der Waals surface area contributed by atoms with Crippen molar-refractivity contribution in [3.63, 3.8) is 0 Å². The number of oxime groups is 1. The predicted octanol–water partition coefficient (Wildman–Crippen LogP) is 4.46. The van der Waals surface area contributed by atoms with Crippen LogP contribution >= 0.6 is 0 Å². The number of aromatic nitrogens is 4. The fourth-order valence-electron chi connectivity index (χ4n) is 6.06. The van der Waals surface area contributed by atoms with Gasteiger partial charge in [0.2, 0.25) is 5.95 Å². The summed E-state index contributed by atoms with van der Waals surface area (Å²) in [7, 11) is 0. The molecule has 0 spiro atoms. The summed E-state index contributed by atoms with van der Waals surface area (Å²) < 4.78 is 5.49. The fraction of sp³-hybridized carbons (Fsp3) is 0.429. The van der Waals surface area contributed by atoms with E-state index in [1.807, 2.05) is 19.1 Å². The molecule has 0 aliphatic rings. The molecule has 0 saturated carbocycles. The van der Waals surface area contributed by atoms with Gasteiger partial charge in [0, 0.05) is 36.9 Å². The number of hydrogen-bond acceptors (Lipinski definition) is 14. The van der Waals surface area contributed by atoms with Crippen molar-refractivity contribution in [1.82, 2.24) is 25.3 Å². The molecule has 60 heavy (non-hydrogen) atoms. The van der Waals surface area contributed by atoms with E-state index >= 15 is 0 Å². The van der Waals surface area contributed by atoms with Crippen LogP contribution in [0.4, 0.5) is 11.6 Å². The van der Waals surface area contributed by atoms with Crippen LogP contribution in [0.5, 0.6) is 0 Å². The lowest BCUT2D eigenvalue weighted by atomic mass is 9.93. The molecule has 4 rings (SSSR count). The third-order valence-electron chi connectivity index (χ3n) is 9.58. The summed E-state index contributed by atoms with van der Waals surface area (Å²) in [6.45, 7) is 4.97. The molecule has 18 nitrogen and oxygen atoms in total. The zero-order chi connectivity index (χ0) is 43.4. The summed E-state index contributed by atoms with van der Waals surface area (Å²) >= 11 is 0. The molecule has 0 radical (unpaired) electrons. The normalized spacial score (nSPS) is 12.4. The Morgan fingerprint density at radius 2 is 1.58 bits per heavy atom. The van der Waals surface area contributed by atoms with Gasteiger partial charge < -0.3 is 36.2 Å². The average molecular weight is 829 g/mol. The first-order chi connectivity index (χ1) is 28.8. The summed E-state index contributed by atoms with van der Waals surface area (Å²) in [6, 6.07) is 12.9. The Hall–Kier alpha value is -6.56. The van der Waals surface area contributed by atoms with Crippen molar-refractivity contribution in [2.75, 3.05) is 30.9 Å². The number of aromatic amines is 1. The van der Waals surface area contributed by atoms with Crippen LogP contribution in [-0.4, -0.2) is 91.1 Å². The Balaban J connectivity index is 1.08. The lowest BCUT2D eigenvalue weighted by Crippen LogP contribution is -2.41.